The second-order valence-corrected chi connectivity index (χ2v) is 8.62. The van der Waals surface area contributed by atoms with Crippen LogP contribution < -0.4 is 4.74 Å². The first-order valence-electron chi connectivity index (χ1n) is 9.30. The average molecular weight is 505 g/mol. The van der Waals surface area contributed by atoms with Gasteiger partial charge in [0.05, 0.1) is 23.9 Å². The minimum absolute atomic E-state index is 0.210. The Morgan fingerprint density at radius 3 is 2.38 bits per heavy atom. The van der Waals surface area contributed by atoms with E-state index in [1.54, 1.807) is 0 Å². The normalized spacial score (nSPS) is 12.6. The Bertz CT molecular complexity index is 999. The number of fused-ring (bicyclic) bond motifs is 1. The molecule has 0 fully saturated rings. The highest BCUT2D eigenvalue weighted by atomic mass is 127. The van der Waals surface area contributed by atoms with Crippen molar-refractivity contribution in [2.24, 2.45) is 0 Å². The first-order chi connectivity index (χ1) is 13.8. The van der Waals surface area contributed by atoms with Gasteiger partial charge in [-0.25, -0.2) is 9.78 Å². The highest BCUT2D eigenvalue weighted by Crippen LogP contribution is 2.35. The molecule has 0 amide bonds. The zero-order valence-corrected chi connectivity index (χ0v) is 19.1. The molecule has 0 unspecified atom stereocenters. The highest BCUT2D eigenvalue weighted by molar-refractivity contribution is 14.1. The molecule has 29 heavy (non-hydrogen) atoms. The summed E-state index contributed by atoms with van der Waals surface area (Å²) < 4.78 is 18.0. The maximum Gasteiger partial charge on any atom is 0.339 e. The van der Waals surface area contributed by atoms with E-state index in [0.717, 1.165) is 20.2 Å². The summed E-state index contributed by atoms with van der Waals surface area (Å²) in [5.41, 5.74) is 1.62. The number of hydrogen-bond donors (Lipinski definition) is 0. The van der Waals surface area contributed by atoms with Crippen molar-refractivity contribution in [3.8, 4) is 5.75 Å². The number of carbonyl (C=O) groups is 1. The van der Waals surface area contributed by atoms with Gasteiger partial charge in [-0.05, 0) is 61.6 Å². The summed E-state index contributed by atoms with van der Waals surface area (Å²) in [6, 6.07) is 17.3. The van der Waals surface area contributed by atoms with Crippen molar-refractivity contribution in [2.75, 3.05) is 7.11 Å². The fourth-order valence-corrected chi connectivity index (χ4v) is 4.01. The average Bonchev–Trinajstić information content (AvgIpc) is 2.70. The summed E-state index contributed by atoms with van der Waals surface area (Å²) >= 11 is 2.25. The molecule has 1 aromatic heterocycles. The van der Waals surface area contributed by atoms with Gasteiger partial charge in [0.15, 0.2) is 6.10 Å². The van der Waals surface area contributed by atoms with E-state index in [9.17, 15) is 4.79 Å². The number of ether oxygens (including phenoxy) is 3. The van der Waals surface area contributed by atoms with Crippen LogP contribution in [0.3, 0.4) is 0 Å². The lowest BCUT2D eigenvalue weighted by atomic mass is 10.0. The lowest BCUT2D eigenvalue weighted by Gasteiger charge is -2.28. The molecule has 1 heterocycles. The monoisotopic (exact) mass is 505 g/mol. The van der Waals surface area contributed by atoms with Crippen LogP contribution in [0.2, 0.25) is 0 Å². The van der Waals surface area contributed by atoms with Gasteiger partial charge in [0, 0.05) is 14.5 Å². The number of aromatic nitrogens is 1. The largest absolute Gasteiger partial charge is 0.487 e. The summed E-state index contributed by atoms with van der Waals surface area (Å²) in [5.74, 6) is 0.269. The first-order valence-corrected chi connectivity index (χ1v) is 10.4. The number of esters is 1. The highest BCUT2D eigenvalue weighted by Gasteiger charge is 2.33. The van der Waals surface area contributed by atoms with Crippen LogP contribution >= 0.6 is 22.6 Å². The van der Waals surface area contributed by atoms with Crippen LogP contribution in [0.25, 0.3) is 10.9 Å². The van der Waals surface area contributed by atoms with Crippen molar-refractivity contribution in [3.63, 3.8) is 0 Å². The van der Waals surface area contributed by atoms with Crippen LogP contribution in [0.4, 0.5) is 0 Å². The quantitative estimate of drug-likeness (QED) is 0.330. The molecule has 0 radical (unpaired) electrons. The smallest absolute Gasteiger partial charge is 0.339 e. The minimum Gasteiger partial charge on any atom is -0.487 e. The van der Waals surface area contributed by atoms with Crippen molar-refractivity contribution in [1.82, 2.24) is 4.98 Å². The van der Waals surface area contributed by atoms with E-state index in [0.29, 0.717) is 11.3 Å². The second-order valence-electron chi connectivity index (χ2n) is 7.54. The Kier molecular flexibility index (Phi) is 6.74. The van der Waals surface area contributed by atoms with Crippen molar-refractivity contribution in [3.05, 3.63) is 69.4 Å². The minimum atomic E-state index is -0.904. The van der Waals surface area contributed by atoms with Crippen LogP contribution in [0.5, 0.6) is 5.75 Å². The molecule has 3 rings (SSSR count). The third-order valence-corrected chi connectivity index (χ3v) is 5.37. The van der Waals surface area contributed by atoms with Gasteiger partial charge in [-0.15, -0.1) is 0 Å². The molecule has 0 aliphatic heterocycles. The molecule has 0 saturated heterocycles. The molecule has 0 N–H and O–H groups in total. The van der Waals surface area contributed by atoms with Gasteiger partial charge in [-0.2, -0.15) is 0 Å². The number of methoxy groups -OCH3 is 1. The molecular formula is C23H24INO4. The van der Waals surface area contributed by atoms with E-state index in [-0.39, 0.29) is 6.61 Å². The Labute approximate surface area is 184 Å². The van der Waals surface area contributed by atoms with E-state index < -0.39 is 17.7 Å². The first kappa shape index (κ1) is 21.5. The molecule has 2 aromatic carbocycles. The zero-order valence-electron chi connectivity index (χ0n) is 16.9. The molecule has 1 atom stereocenters. The standard InChI is InChI=1S/C23H24INO4/c1-23(2,3)29-21(22(26)27-4)19-18(14-28-15-10-6-5-7-11-15)25-17-13-9-8-12-16(17)20(19)24/h5-13,21H,14H2,1-4H3/t21-/m0/s1. The predicted octanol–water partition coefficient (Wildman–Crippen LogP) is 5.45. The Morgan fingerprint density at radius 1 is 1.07 bits per heavy atom. The number of para-hydroxylation sites is 2. The van der Waals surface area contributed by atoms with E-state index in [1.165, 1.54) is 7.11 Å². The summed E-state index contributed by atoms with van der Waals surface area (Å²) in [5, 5.41) is 0.956. The fourth-order valence-electron chi connectivity index (χ4n) is 2.96. The molecule has 0 saturated carbocycles. The summed E-state index contributed by atoms with van der Waals surface area (Å²) in [6.07, 6.45) is -0.904. The third-order valence-electron chi connectivity index (χ3n) is 4.21. The Hall–Kier alpha value is -2.19. The number of nitrogens with zero attached hydrogens (tertiary/aromatic N) is 1. The molecular weight excluding hydrogens is 481 g/mol. The third kappa shape index (κ3) is 5.25. The van der Waals surface area contributed by atoms with E-state index in [1.807, 2.05) is 75.4 Å². The van der Waals surface area contributed by atoms with Gasteiger partial charge < -0.3 is 14.2 Å². The van der Waals surface area contributed by atoms with Crippen molar-refractivity contribution in [2.45, 2.75) is 39.1 Å². The number of benzene rings is 2. The molecule has 152 valence electrons. The predicted molar refractivity (Wildman–Crippen MR) is 121 cm³/mol. The van der Waals surface area contributed by atoms with Crippen molar-refractivity contribution >= 4 is 39.5 Å². The SMILES string of the molecule is COC(=O)[C@@H](OC(C)(C)C)c1c(COc2ccccc2)nc2ccccc2c1I. The number of rotatable bonds is 6. The van der Waals surface area contributed by atoms with Gasteiger partial charge >= 0.3 is 5.97 Å². The van der Waals surface area contributed by atoms with Crippen LogP contribution in [0.1, 0.15) is 38.1 Å². The van der Waals surface area contributed by atoms with Gasteiger partial charge in [0.1, 0.15) is 12.4 Å². The Balaban J connectivity index is 2.13. The van der Waals surface area contributed by atoms with E-state index >= 15 is 0 Å². The van der Waals surface area contributed by atoms with Gasteiger partial charge in [0.25, 0.3) is 0 Å². The second kappa shape index (κ2) is 9.09. The van der Waals surface area contributed by atoms with Crippen LogP contribution in [0, 0.1) is 3.57 Å². The summed E-state index contributed by atoms with van der Waals surface area (Å²) in [4.78, 5) is 17.5. The maximum atomic E-state index is 12.7. The van der Waals surface area contributed by atoms with Gasteiger partial charge in [-0.3, -0.25) is 0 Å². The lowest BCUT2D eigenvalue weighted by Crippen LogP contribution is -2.30. The molecule has 0 aliphatic carbocycles. The number of hydrogen-bond acceptors (Lipinski definition) is 5. The summed E-state index contributed by atoms with van der Waals surface area (Å²) in [7, 11) is 1.36. The molecule has 0 aliphatic rings. The van der Waals surface area contributed by atoms with Gasteiger partial charge in [0.2, 0.25) is 0 Å². The lowest BCUT2D eigenvalue weighted by molar-refractivity contribution is -0.164. The molecule has 5 nitrogen and oxygen atoms in total. The van der Waals surface area contributed by atoms with Crippen LogP contribution in [0.15, 0.2) is 54.6 Å². The topological polar surface area (TPSA) is 57.7 Å². The van der Waals surface area contributed by atoms with E-state index in [4.69, 9.17) is 19.2 Å². The molecule has 3 aromatic rings. The molecule has 6 heteroatoms. The van der Waals surface area contributed by atoms with Crippen LogP contribution in [-0.4, -0.2) is 23.7 Å². The zero-order chi connectivity index (χ0) is 21.0. The summed E-state index contributed by atoms with van der Waals surface area (Å²) in [6.45, 7) is 5.93. The number of carbonyl (C=O) groups excluding carboxylic acids is 1. The fraction of sp³-hybridized carbons (Fsp3) is 0.304. The number of halogens is 1. The van der Waals surface area contributed by atoms with Crippen molar-refractivity contribution < 1.29 is 19.0 Å². The molecule has 0 spiro atoms. The van der Waals surface area contributed by atoms with E-state index in [2.05, 4.69) is 22.6 Å². The maximum absolute atomic E-state index is 12.7. The van der Waals surface area contributed by atoms with Crippen LogP contribution in [-0.2, 0) is 20.9 Å². The van der Waals surface area contributed by atoms with Gasteiger partial charge in [-0.1, -0.05) is 36.4 Å². The Morgan fingerprint density at radius 2 is 1.72 bits per heavy atom. The number of pyridine rings is 1. The van der Waals surface area contributed by atoms with Crippen molar-refractivity contribution in [1.29, 1.82) is 0 Å². The molecule has 0 bridgehead atoms.